The molecule has 0 spiro atoms. The van der Waals surface area contributed by atoms with Crippen molar-refractivity contribution in [3.63, 3.8) is 0 Å². The smallest absolute Gasteiger partial charge is 0.0411 e. The summed E-state index contributed by atoms with van der Waals surface area (Å²) < 4.78 is 0. The second-order valence-corrected chi connectivity index (χ2v) is 7.40. The van der Waals surface area contributed by atoms with Gasteiger partial charge in [-0.2, -0.15) is 0 Å². The van der Waals surface area contributed by atoms with Gasteiger partial charge in [-0.3, -0.25) is 4.98 Å². The molecule has 1 aromatic heterocycles. The van der Waals surface area contributed by atoms with E-state index in [0.29, 0.717) is 5.92 Å². The van der Waals surface area contributed by atoms with Crippen molar-refractivity contribution in [1.82, 2.24) is 4.98 Å². The molecular weight excluding hydrogens is 324 g/mol. The lowest BCUT2D eigenvalue weighted by Gasteiger charge is -2.13. The molecular formula is C22H24N2S. The lowest BCUT2D eigenvalue weighted by atomic mass is 10.0. The zero-order valence-electron chi connectivity index (χ0n) is 14.8. The van der Waals surface area contributed by atoms with E-state index in [1.54, 1.807) is 0 Å². The van der Waals surface area contributed by atoms with Crippen molar-refractivity contribution in [3.8, 4) is 0 Å². The molecule has 3 heteroatoms. The van der Waals surface area contributed by atoms with Gasteiger partial charge in [0.25, 0.3) is 0 Å². The fraction of sp³-hybridized carbons (Fsp3) is 0.227. The van der Waals surface area contributed by atoms with E-state index in [1.807, 2.05) is 24.2 Å². The Balaban J connectivity index is 1.66. The first-order chi connectivity index (χ1) is 12.2. The minimum absolute atomic E-state index is 0.546. The summed E-state index contributed by atoms with van der Waals surface area (Å²) in [6, 6.07) is 21.5. The van der Waals surface area contributed by atoms with E-state index in [9.17, 15) is 0 Å². The van der Waals surface area contributed by atoms with Crippen LogP contribution < -0.4 is 5.32 Å². The highest BCUT2D eigenvalue weighted by atomic mass is 32.2. The number of hydrogen-bond donors (Lipinski definition) is 1. The Hall–Kier alpha value is -2.26. The van der Waals surface area contributed by atoms with Gasteiger partial charge >= 0.3 is 0 Å². The molecule has 1 N–H and O–H groups in total. The number of nitrogens with one attached hydrogen (secondary N) is 1. The fourth-order valence-corrected chi connectivity index (χ4v) is 3.65. The maximum Gasteiger partial charge on any atom is 0.0411 e. The van der Waals surface area contributed by atoms with Crippen molar-refractivity contribution < 1.29 is 0 Å². The lowest BCUT2D eigenvalue weighted by molar-refractivity contribution is 0.866. The average molecular weight is 349 g/mol. The third kappa shape index (κ3) is 5.10. The number of rotatable bonds is 7. The van der Waals surface area contributed by atoms with Crippen molar-refractivity contribution in [2.24, 2.45) is 0 Å². The normalized spacial score (nSPS) is 10.8. The number of aromatic nitrogens is 1. The Morgan fingerprint density at radius 2 is 1.76 bits per heavy atom. The van der Waals surface area contributed by atoms with Crippen LogP contribution >= 0.6 is 11.8 Å². The SMILES string of the molecule is CC(C)c1cccc(NCc2ccccc2SCc2ccncc2)c1. The molecule has 0 saturated heterocycles. The molecule has 1 heterocycles. The highest BCUT2D eigenvalue weighted by Gasteiger charge is 2.05. The van der Waals surface area contributed by atoms with Gasteiger partial charge in [0, 0.05) is 35.3 Å². The monoisotopic (exact) mass is 348 g/mol. The van der Waals surface area contributed by atoms with E-state index < -0.39 is 0 Å². The van der Waals surface area contributed by atoms with Crippen molar-refractivity contribution >= 4 is 17.4 Å². The van der Waals surface area contributed by atoms with Gasteiger partial charge in [0.1, 0.15) is 0 Å². The van der Waals surface area contributed by atoms with Crippen molar-refractivity contribution in [2.75, 3.05) is 5.32 Å². The minimum Gasteiger partial charge on any atom is -0.381 e. The molecule has 3 aromatic rings. The number of pyridine rings is 1. The van der Waals surface area contributed by atoms with Crippen LogP contribution in [-0.4, -0.2) is 4.98 Å². The first-order valence-electron chi connectivity index (χ1n) is 8.66. The number of thioether (sulfide) groups is 1. The average Bonchev–Trinajstić information content (AvgIpc) is 2.66. The van der Waals surface area contributed by atoms with Crippen LogP contribution in [0.2, 0.25) is 0 Å². The van der Waals surface area contributed by atoms with Crippen molar-refractivity contribution in [3.05, 3.63) is 89.7 Å². The van der Waals surface area contributed by atoms with Gasteiger partial charge in [0.2, 0.25) is 0 Å². The number of hydrogen-bond acceptors (Lipinski definition) is 3. The number of nitrogens with zero attached hydrogens (tertiary/aromatic N) is 1. The molecule has 25 heavy (non-hydrogen) atoms. The Labute approximate surface area is 154 Å². The Morgan fingerprint density at radius 3 is 2.56 bits per heavy atom. The standard InChI is InChI=1S/C22H24N2S/c1-17(2)19-7-5-8-21(14-19)24-15-20-6-3-4-9-22(20)25-16-18-10-12-23-13-11-18/h3-14,17,24H,15-16H2,1-2H3. The second kappa shape index (κ2) is 8.72. The van der Waals surface area contributed by atoms with Crippen LogP contribution in [-0.2, 0) is 12.3 Å². The maximum absolute atomic E-state index is 4.08. The summed E-state index contributed by atoms with van der Waals surface area (Å²) in [5.74, 6) is 1.51. The highest BCUT2D eigenvalue weighted by molar-refractivity contribution is 7.98. The zero-order chi connectivity index (χ0) is 17.5. The largest absolute Gasteiger partial charge is 0.381 e. The Bertz CT molecular complexity index is 800. The molecule has 0 fully saturated rings. The predicted octanol–water partition coefficient (Wildman–Crippen LogP) is 6.11. The van der Waals surface area contributed by atoms with Crippen LogP contribution in [0.5, 0.6) is 0 Å². The molecule has 2 nitrogen and oxygen atoms in total. The molecule has 0 amide bonds. The van der Waals surface area contributed by atoms with Gasteiger partial charge < -0.3 is 5.32 Å². The van der Waals surface area contributed by atoms with Crippen LogP contribution in [0.4, 0.5) is 5.69 Å². The van der Waals surface area contributed by atoms with Crippen LogP contribution in [0.15, 0.2) is 78.0 Å². The van der Waals surface area contributed by atoms with Crippen LogP contribution in [0.25, 0.3) is 0 Å². The summed E-state index contributed by atoms with van der Waals surface area (Å²) in [4.78, 5) is 5.41. The summed E-state index contributed by atoms with van der Waals surface area (Å²) in [7, 11) is 0. The van der Waals surface area contributed by atoms with E-state index in [-0.39, 0.29) is 0 Å². The first kappa shape index (κ1) is 17.6. The van der Waals surface area contributed by atoms with Crippen molar-refractivity contribution in [2.45, 2.75) is 37.0 Å². The van der Waals surface area contributed by atoms with E-state index in [2.05, 4.69) is 84.8 Å². The lowest BCUT2D eigenvalue weighted by Crippen LogP contribution is -2.01. The summed E-state index contributed by atoms with van der Waals surface area (Å²) in [6.45, 7) is 5.29. The maximum atomic E-state index is 4.08. The van der Waals surface area contributed by atoms with Gasteiger partial charge in [0.15, 0.2) is 0 Å². The molecule has 0 aliphatic rings. The third-order valence-electron chi connectivity index (χ3n) is 4.15. The summed E-state index contributed by atoms with van der Waals surface area (Å²) in [6.07, 6.45) is 3.70. The topological polar surface area (TPSA) is 24.9 Å². The fourth-order valence-electron chi connectivity index (χ4n) is 2.64. The number of anilines is 1. The van der Waals surface area contributed by atoms with Gasteiger partial charge in [0.05, 0.1) is 0 Å². The summed E-state index contributed by atoms with van der Waals surface area (Å²) >= 11 is 1.88. The molecule has 0 saturated carbocycles. The van der Waals surface area contributed by atoms with E-state index in [1.165, 1.54) is 27.3 Å². The van der Waals surface area contributed by atoms with Crippen molar-refractivity contribution in [1.29, 1.82) is 0 Å². The molecule has 0 unspecified atom stereocenters. The summed E-state index contributed by atoms with van der Waals surface area (Å²) in [5, 5.41) is 3.57. The van der Waals surface area contributed by atoms with E-state index in [0.717, 1.165) is 12.3 Å². The molecule has 0 aliphatic carbocycles. The highest BCUT2D eigenvalue weighted by Crippen LogP contribution is 2.27. The predicted molar refractivity (Wildman–Crippen MR) is 108 cm³/mol. The van der Waals surface area contributed by atoms with Crippen LogP contribution in [0.1, 0.15) is 36.5 Å². The third-order valence-corrected chi connectivity index (χ3v) is 5.34. The van der Waals surface area contributed by atoms with E-state index in [4.69, 9.17) is 0 Å². The molecule has 0 bridgehead atoms. The number of benzene rings is 2. The Morgan fingerprint density at radius 1 is 0.960 bits per heavy atom. The quantitative estimate of drug-likeness (QED) is 0.521. The van der Waals surface area contributed by atoms with Crippen LogP contribution in [0, 0.1) is 0 Å². The molecule has 0 atom stereocenters. The zero-order valence-corrected chi connectivity index (χ0v) is 15.6. The second-order valence-electron chi connectivity index (χ2n) is 6.39. The van der Waals surface area contributed by atoms with E-state index >= 15 is 0 Å². The Kier molecular flexibility index (Phi) is 6.13. The molecule has 128 valence electrons. The minimum atomic E-state index is 0.546. The molecule has 2 aromatic carbocycles. The molecule has 0 radical (unpaired) electrons. The van der Waals surface area contributed by atoms with Crippen LogP contribution in [0.3, 0.4) is 0 Å². The first-order valence-corrected chi connectivity index (χ1v) is 9.64. The molecule has 0 aliphatic heterocycles. The van der Waals surface area contributed by atoms with Gasteiger partial charge in [-0.05, 0) is 52.9 Å². The van der Waals surface area contributed by atoms with Gasteiger partial charge in [-0.15, -0.1) is 11.8 Å². The molecule has 3 rings (SSSR count). The van der Waals surface area contributed by atoms with Gasteiger partial charge in [-0.25, -0.2) is 0 Å². The summed E-state index contributed by atoms with van der Waals surface area (Å²) in [5.41, 5.74) is 5.18. The van der Waals surface area contributed by atoms with Gasteiger partial charge in [-0.1, -0.05) is 44.2 Å².